The molecule has 0 amide bonds. The van der Waals surface area contributed by atoms with Gasteiger partial charge in [-0.15, -0.1) is 0 Å². The number of hydrogen-bond donors (Lipinski definition) is 1. The Hall–Kier alpha value is -2.43. The summed E-state index contributed by atoms with van der Waals surface area (Å²) < 4.78 is 29.0. The van der Waals surface area contributed by atoms with E-state index in [2.05, 4.69) is 4.98 Å². The average Bonchev–Trinajstić information content (AvgIpc) is 2.70. The first-order valence-electron chi connectivity index (χ1n) is 6.18. The molecule has 2 aromatic heterocycles. The Labute approximate surface area is 114 Å². The summed E-state index contributed by atoms with van der Waals surface area (Å²) in [5, 5.41) is 0. The van der Waals surface area contributed by atoms with E-state index < -0.39 is 11.6 Å². The van der Waals surface area contributed by atoms with Gasteiger partial charge in [-0.25, -0.2) is 13.8 Å². The second-order valence-corrected chi connectivity index (χ2v) is 4.81. The highest BCUT2D eigenvalue weighted by Gasteiger charge is 2.18. The predicted molar refractivity (Wildman–Crippen MR) is 74.4 cm³/mol. The van der Waals surface area contributed by atoms with Crippen molar-refractivity contribution in [2.24, 2.45) is 0 Å². The van der Waals surface area contributed by atoms with E-state index in [1.807, 2.05) is 26.0 Å². The van der Waals surface area contributed by atoms with Crippen LogP contribution in [0.2, 0.25) is 0 Å². The zero-order valence-corrected chi connectivity index (χ0v) is 11.1. The van der Waals surface area contributed by atoms with E-state index in [0.29, 0.717) is 11.5 Å². The van der Waals surface area contributed by atoms with E-state index in [1.54, 1.807) is 4.40 Å². The van der Waals surface area contributed by atoms with Crippen molar-refractivity contribution in [1.82, 2.24) is 9.38 Å². The van der Waals surface area contributed by atoms with Crippen molar-refractivity contribution in [3.63, 3.8) is 0 Å². The third kappa shape index (κ3) is 1.74. The van der Waals surface area contributed by atoms with E-state index in [9.17, 15) is 8.78 Å². The summed E-state index contributed by atoms with van der Waals surface area (Å²) in [6, 6.07) is 7.79. The third-order valence-electron chi connectivity index (χ3n) is 3.29. The highest BCUT2D eigenvalue weighted by molar-refractivity contribution is 5.75. The van der Waals surface area contributed by atoms with Gasteiger partial charge in [0.25, 0.3) is 0 Å². The van der Waals surface area contributed by atoms with Crippen LogP contribution in [0.3, 0.4) is 0 Å². The topological polar surface area (TPSA) is 43.3 Å². The van der Waals surface area contributed by atoms with Gasteiger partial charge in [0, 0.05) is 11.3 Å². The lowest BCUT2D eigenvalue weighted by molar-refractivity contribution is 0.511. The Morgan fingerprint density at radius 3 is 2.65 bits per heavy atom. The second kappa shape index (κ2) is 4.30. The van der Waals surface area contributed by atoms with Gasteiger partial charge in [0.2, 0.25) is 0 Å². The summed E-state index contributed by atoms with van der Waals surface area (Å²) in [7, 11) is 0. The number of aromatic nitrogens is 2. The number of rotatable bonds is 1. The van der Waals surface area contributed by atoms with Crippen LogP contribution >= 0.6 is 0 Å². The maximum Gasteiger partial charge on any atom is 0.168 e. The summed E-state index contributed by atoms with van der Waals surface area (Å²) in [4.78, 5) is 4.34. The van der Waals surface area contributed by atoms with Gasteiger partial charge in [-0.05, 0) is 43.7 Å². The maximum atomic E-state index is 13.9. The van der Waals surface area contributed by atoms with Crippen LogP contribution in [0.25, 0.3) is 16.9 Å². The van der Waals surface area contributed by atoms with Gasteiger partial charge in [-0.2, -0.15) is 0 Å². The number of anilines is 1. The number of imidazole rings is 1. The molecule has 1 aromatic carbocycles. The number of fused-ring (bicyclic) bond motifs is 1. The Morgan fingerprint density at radius 2 is 1.90 bits per heavy atom. The van der Waals surface area contributed by atoms with E-state index in [1.165, 1.54) is 12.1 Å². The van der Waals surface area contributed by atoms with E-state index in [0.717, 1.165) is 17.3 Å². The van der Waals surface area contributed by atoms with Crippen molar-refractivity contribution in [1.29, 1.82) is 0 Å². The first kappa shape index (κ1) is 12.6. The molecule has 0 aliphatic carbocycles. The molecule has 102 valence electrons. The lowest BCUT2D eigenvalue weighted by atomic mass is 10.1. The largest absolute Gasteiger partial charge is 0.383 e. The zero-order valence-electron chi connectivity index (χ0n) is 11.1. The van der Waals surface area contributed by atoms with Crippen molar-refractivity contribution in [2.45, 2.75) is 13.8 Å². The highest BCUT2D eigenvalue weighted by Crippen LogP contribution is 2.30. The van der Waals surface area contributed by atoms with E-state index >= 15 is 0 Å². The number of nitrogens with two attached hydrogens (primary N) is 1. The number of hydrogen-bond acceptors (Lipinski definition) is 2. The fraction of sp³-hybridized carbons (Fsp3) is 0.133. The molecule has 3 nitrogen and oxygen atoms in total. The Bertz CT molecular complexity index is 822. The van der Waals surface area contributed by atoms with Crippen LogP contribution < -0.4 is 5.73 Å². The maximum absolute atomic E-state index is 13.9. The summed E-state index contributed by atoms with van der Waals surface area (Å²) in [6.07, 6.45) is 0. The quantitative estimate of drug-likeness (QED) is 0.737. The fourth-order valence-corrected chi connectivity index (χ4v) is 2.44. The van der Waals surface area contributed by atoms with Crippen LogP contribution in [-0.4, -0.2) is 9.38 Å². The van der Waals surface area contributed by atoms with Gasteiger partial charge in [-0.3, -0.25) is 4.40 Å². The van der Waals surface area contributed by atoms with Crippen molar-refractivity contribution < 1.29 is 8.78 Å². The van der Waals surface area contributed by atoms with Gasteiger partial charge < -0.3 is 5.73 Å². The fourth-order valence-electron chi connectivity index (χ4n) is 2.44. The molecule has 0 bridgehead atoms. The molecule has 0 saturated heterocycles. The standard InChI is InChI=1S/C15H13F2N3/c1-8-6-9(2)20-12(7-8)19-14(15(20)18)10-4-3-5-11(16)13(10)17/h3-7H,18H2,1-2H3. The number of halogens is 2. The molecule has 3 rings (SSSR count). The molecule has 3 aromatic rings. The van der Waals surface area contributed by atoms with Gasteiger partial charge in [0.05, 0.1) is 0 Å². The second-order valence-electron chi connectivity index (χ2n) is 4.81. The molecule has 0 aliphatic heterocycles. The van der Waals surface area contributed by atoms with Crippen molar-refractivity contribution in [3.8, 4) is 11.3 Å². The van der Waals surface area contributed by atoms with Crippen molar-refractivity contribution in [3.05, 3.63) is 53.2 Å². The van der Waals surface area contributed by atoms with Crippen LogP contribution in [0.4, 0.5) is 14.6 Å². The van der Waals surface area contributed by atoms with Crippen LogP contribution in [-0.2, 0) is 0 Å². The average molecular weight is 273 g/mol. The molecule has 2 heterocycles. The molecular weight excluding hydrogens is 260 g/mol. The van der Waals surface area contributed by atoms with Gasteiger partial charge in [0.15, 0.2) is 11.6 Å². The Kier molecular flexibility index (Phi) is 2.71. The number of pyridine rings is 1. The lowest BCUT2D eigenvalue weighted by Gasteiger charge is -2.04. The summed E-state index contributed by atoms with van der Waals surface area (Å²) in [6.45, 7) is 3.84. The minimum Gasteiger partial charge on any atom is -0.383 e. The van der Waals surface area contributed by atoms with Gasteiger partial charge >= 0.3 is 0 Å². The first-order chi connectivity index (χ1) is 9.49. The normalized spacial score (nSPS) is 11.2. The zero-order chi connectivity index (χ0) is 14.4. The van der Waals surface area contributed by atoms with Crippen molar-refractivity contribution >= 4 is 11.5 Å². The predicted octanol–water partition coefficient (Wildman–Crippen LogP) is 3.48. The SMILES string of the molecule is Cc1cc(C)n2c(N)c(-c3cccc(F)c3F)nc2c1. The summed E-state index contributed by atoms with van der Waals surface area (Å²) in [5.74, 6) is -1.54. The third-order valence-corrected chi connectivity index (χ3v) is 3.29. The molecule has 0 radical (unpaired) electrons. The molecular formula is C15H13F2N3. The Balaban J connectivity index is 2.35. The molecule has 5 heteroatoms. The minimum absolute atomic E-state index is 0.0725. The summed E-state index contributed by atoms with van der Waals surface area (Å²) in [5.41, 5.74) is 8.94. The van der Waals surface area contributed by atoms with Crippen LogP contribution in [0.5, 0.6) is 0 Å². The van der Waals surface area contributed by atoms with Crippen LogP contribution in [0.15, 0.2) is 30.3 Å². The van der Waals surface area contributed by atoms with E-state index in [4.69, 9.17) is 5.73 Å². The highest BCUT2D eigenvalue weighted by atomic mass is 19.2. The number of nitrogen functional groups attached to an aromatic ring is 1. The van der Waals surface area contributed by atoms with Gasteiger partial charge in [-0.1, -0.05) is 6.07 Å². The minimum atomic E-state index is -0.933. The molecule has 0 saturated carbocycles. The summed E-state index contributed by atoms with van der Waals surface area (Å²) >= 11 is 0. The monoisotopic (exact) mass is 273 g/mol. The molecule has 0 spiro atoms. The molecule has 2 N–H and O–H groups in total. The molecule has 20 heavy (non-hydrogen) atoms. The van der Waals surface area contributed by atoms with Crippen LogP contribution in [0.1, 0.15) is 11.3 Å². The smallest absolute Gasteiger partial charge is 0.168 e. The molecule has 0 unspecified atom stereocenters. The molecule has 0 fully saturated rings. The van der Waals surface area contributed by atoms with Crippen molar-refractivity contribution in [2.75, 3.05) is 5.73 Å². The van der Waals surface area contributed by atoms with Crippen LogP contribution in [0, 0.1) is 25.5 Å². The number of nitrogens with zero attached hydrogens (tertiary/aromatic N) is 2. The Morgan fingerprint density at radius 1 is 1.15 bits per heavy atom. The lowest BCUT2D eigenvalue weighted by Crippen LogP contribution is -1.99. The van der Waals surface area contributed by atoms with E-state index in [-0.39, 0.29) is 11.3 Å². The molecule has 0 atom stereocenters. The number of aryl methyl sites for hydroxylation is 2. The number of benzene rings is 1. The van der Waals surface area contributed by atoms with Gasteiger partial charge in [0.1, 0.15) is 17.2 Å². The molecule has 0 aliphatic rings. The first-order valence-corrected chi connectivity index (χ1v) is 6.18.